The fourth-order valence-corrected chi connectivity index (χ4v) is 2.21. The zero-order valence-corrected chi connectivity index (χ0v) is 11.1. The van der Waals surface area contributed by atoms with Crippen LogP contribution in [-0.2, 0) is 5.41 Å². The molecule has 0 unspecified atom stereocenters. The van der Waals surface area contributed by atoms with E-state index in [4.69, 9.17) is 4.42 Å². The Kier molecular flexibility index (Phi) is 2.21. The number of rotatable bonds is 0. The molecule has 18 heavy (non-hydrogen) atoms. The predicted molar refractivity (Wildman–Crippen MR) is 72.7 cm³/mol. The number of furan rings is 1. The largest absolute Gasteiger partial charge is 0.452 e. The molecule has 0 atom stereocenters. The van der Waals surface area contributed by atoms with E-state index < -0.39 is 0 Å². The van der Waals surface area contributed by atoms with Crippen molar-refractivity contribution >= 4 is 22.1 Å². The van der Waals surface area contributed by atoms with Gasteiger partial charge in [-0.3, -0.25) is 0 Å². The Balaban J connectivity index is 2.51. The highest BCUT2D eigenvalue weighted by atomic mass is 16.3. The summed E-state index contributed by atoms with van der Waals surface area (Å²) in [7, 11) is 0. The molecule has 0 fully saturated rings. The molecule has 0 amide bonds. The Morgan fingerprint density at radius 3 is 2.50 bits per heavy atom. The fraction of sp³-hybridized carbons (Fsp3) is 0.333. The first-order valence-corrected chi connectivity index (χ1v) is 6.13. The van der Waals surface area contributed by atoms with Crippen LogP contribution in [-0.4, -0.2) is 9.97 Å². The molecule has 1 aromatic carbocycles. The van der Waals surface area contributed by atoms with Crippen LogP contribution < -0.4 is 0 Å². The van der Waals surface area contributed by atoms with E-state index in [1.807, 2.05) is 31.2 Å². The van der Waals surface area contributed by atoms with Crippen LogP contribution in [0.15, 0.2) is 28.7 Å². The first-order chi connectivity index (χ1) is 8.47. The molecule has 0 saturated heterocycles. The molecular formula is C15H16N2O. The second kappa shape index (κ2) is 3.55. The SMILES string of the molecule is Cc1nc(C(C)(C)C)c2oc3ccccc3c2n1. The number of hydrogen-bond acceptors (Lipinski definition) is 3. The third-order valence-corrected chi connectivity index (χ3v) is 3.04. The third-order valence-electron chi connectivity index (χ3n) is 3.04. The summed E-state index contributed by atoms with van der Waals surface area (Å²) in [6.45, 7) is 8.35. The van der Waals surface area contributed by atoms with Crippen LogP contribution in [0, 0.1) is 6.92 Å². The van der Waals surface area contributed by atoms with Crippen molar-refractivity contribution in [3.05, 3.63) is 35.8 Å². The van der Waals surface area contributed by atoms with Gasteiger partial charge in [-0.2, -0.15) is 0 Å². The van der Waals surface area contributed by atoms with Crippen molar-refractivity contribution in [3.8, 4) is 0 Å². The van der Waals surface area contributed by atoms with E-state index in [0.717, 1.165) is 33.6 Å². The third kappa shape index (κ3) is 1.58. The summed E-state index contributed by atoms with van der Waals surface area (Å²) in [5.74, 6) is 0.791. The van der Waals surface area contributed by atoms with Crippen LogP contribution >= 0.6 is 0 Å². The molecule has 2 heterocycles. The number of nitrogens with zero attached hydrogens (tertiary/aromatic N) is 2. The molecule has 3 rings (SSSR count). The number of aromatic nitrogens is 2. The summed E-state index contributed by atoms with van der Waals surface area (Å²) in [5.41, 5.74) is 3.52. The molecule has 0 aliphatic rings. The van der Waals surface area contributed by atoms with Crippen LogP contribution in [0.5, 0.6) is 0 Å². The normalized spacial score (nSPS) is 12.4. The molecule has 3 aromatic rings. The summed E-state index contributed by atoms with van der Waals surface area (Å²) in [6.07, 6.45) is 0. The average Bonchev–Trinajstić information content (AvgIpc) is 2.65. The Bertz CT molecular complexity index is 735. The number of aryl methyl sites for hydroxylation is 1. The summed E-state index contributed by atoms with van der Waals surface area (Å²) in [5, 5.41) is 1.06. The molecule has 0 saturated carbocycles. The van der Waals surface area contributed by atoms with E-state index in [-0.39, 0.29) is 5.41 Å². The number of fused-ring (bicyclic) bond motifs is 3. The van der Waals surface area contributed by atoms with Crippen LogP contribution in [0.1, 0.15) is 32.3 Å². The Labute approximate surface area is 106 Å². The standard InChI is InChI=1S/C15H16N2O/c1-9-16-12-10-7-5-6-8-11(10)18-13(12)14(17-9)15(2,3)4/h5-8H,1-4H3. The minimum atomic E-state index is -0.0557. The summed E-state index contributed by atoms with van der Waals surface area (Å²) < 4.78 is 5.94. The van der Waals surface area contributed by atoms with Crippen molar-refractivity contribution in [1.29, 1.82) is 0 Å². The maximum Gasteiger partial charge on any atom is 0.175 e. The lowest BCUT2D eigenvalue weighted by molar-refractivity contribution is 0.549. The number of para-hydroxylation sites is 1. The number of benzene rings is 1. The molecule has 0 bridgehead atoms. The molecule has 3 heteroatoms. The Morgan fingerprint density at radius 2 is 1.78 bits per heavy atom. The summed E-state index contributed by atoms with van der Waals surface area (Å²) in [6, 6.07) is 7.99. The molecular weight excluding hydrogens is 224 g/mol. The highest BCUT2D eigenvalue weighted by Gasteiger charge is 2.23. The van der Waals surface area contributed by atoms with Gasteiger partial charge >= 0.3 is 0 Å². The Morgan fingerprint density at radius 1 is 1.06 bits per heavy atom. The molecule has 3 nitrogen and oxygen atoms in total. The van der Waals surface area contributed by atoms with Gasteiger partial charge in [0.15, 0.2) is 5.58 Å². The van der Waals surface area contributed by atoms with Gasteiger partial charge in [-0.05, 0) is 19.1 Å². The van der Waals surface area contributed by atoms with Crippen molar-refractivity contribution in [1.82, 2.24) is 9.97 Å². The van der Waals surface area contributed by atoms with Gasteiger partial charge in [0.05, 0.1) is 5.69 Å². The number of hydrogen-bond donors (Lipinski definition) is 0. The first kappa shape index (κ1) is 11.2. The minimum Gasteiger partial charge on any atom is -0.452 e. The van der Waals surface area contributed by atoms with Gasteiger partial charge in [0.25, 0.3) is 0 Å². The van der Waals surface area contributed by atoms with Crippen molar-refractivity contribution in [2.24, 2.45) is 0 Å². The van der Waals surface area contributed by atoms with Gasteiger partial charge in [0.2, 0.25) is 0 Å². The van der Waals surface area contributed by atoms with E-state index in [0.29, 0.717) is 0 Å². The highest BCUT2D eigenvalue weighted by Crippen LogP contribution is 2.33. The van der Waals surface area contributed by atoms with Crippen molar-refractivity contribution in [2.45, 2.75) is 33.1 Å². The molecule has 0 N–H and O–H groups in total. The fourth-order valence-electron chi connectivity index (χ4n) is 2.21. The van der Waals surface area contributed by atoms with Gasteiger partial charge in [-0.1, -0.05) is 32.9 Å². The van der Waals surface area contributed by atoms with Crippen molar-refractivity contribution in [2.75, 3.05) is 0 Å². The van der Waals surface area contributed by atoms with Crippen molar-refractivity contribution in [3.63, 3.8) is 0 Å². The molecule has 0 spiro atoms. The van der Waals surface area contributed by atoms with Crippen LogP contribution in [0.2, 0.25) is 0 Å². The second-order valence-corrected chi connectivity index (χ2v) is 5.65. The maximum atomic E-state index is 5.94. The second-order valence-electron chi connectivity index (χ2n) is 5.65. The van der Waals surface area contributed by atoms with E-state index in [1.54, 1.807) is 0 Å². The minimum absolute atomic E-state index is 0.0557. The lowest BCUT2D eigenvalue weighted by Crippen LogP contribution is -2.15. The molecule has 0 aliphatic heterocycles. The smallest absolute Gasteiger partial charge is 0.175 e. The van der Waals surface area contributed by atoms with E-state index in [9.17, 15) is 0 Å². The van der Waals surface area contributed by atoms with Crippen LogP contribution in [0.4, 0.5) is 0 Å². The zero-order chi connectivity index (χ0) is 12.9. The van der Waals surface area contributed by atoms with Gasteiger partial charge in [0.1, 0.15) is 16.9 Å². The van der Waals surface area contributed by atoms with Crippen molar-refractivity contribution < 1.29 is 4.42 Å². The van der Waals surface area contributed by atoms with Gasteiger partial charge in [-0.25, -0.2) is 9.97 Å². The predicted octanol–water partition coefficient (Wildman–Crippen LogP) is 3.98. The molecule has 2 aromatic heterocycles. The quantitative estimate of drug-likeness (QED) is 0.596. The van der Waals surface area contributed by atoms with E-state index in [2.05, 4.69) is 30.7 Å². The summed E-state index contributed by atoms with van der Waals surface area (Å²) >= 11 is 0. The first-order valence-electron chi connectivity index (χ1n) is 6.13. The van der Waals surface area contributed by atoms with Crippen LogP contribution in [0.3, 0.4) is 0 Å². The molecule has 0 aliphatic carbocycles. The summed E-state index contributed by atoms with van der Waals surface area (Å²) in [4.78, 5) is 9.10. The molecule has 92 valence electrons. The monoisotopic (exact) mass is 240 g/mol. The Hall–Kier alpha value is -1.90. The van der Waals surface area contributed by atoms with Gasteiger partial charge in [0, 0.05) is 10.8 Å². The maximum absolute atomic E-state index is 5.94. The van der Waals surface area contributed by atoms with Gasteiger partial charge < -0.3 is 4.42 Å². The lowest BCUT2D eigenvalue weighted by atomic mass is 9.91. The zero-order valence-electron chi connectivity index (χ0n) is 11.1. The topological polar surface area (TPSA) is 38.9 Å². The van der Waals surface area contributed by atoms with Gasteiger partial charge in [-0.15, -0.1) is 0 Å². The van der Waals surface area contributed by atoms with E-state index in [1.165, 1.54) is 0 Å². The molecule has 0 radical (unpaired) electrons. The average molecular weight is 240 g/mol. The van der Waals surface area contributed by atoms with E-state index >= 15 is 0 Å². The highest BCUT2D eigenvalue weighted by molar-refractivity contribution is 6.03. The van der Waals surface area contributed by atoms with Crippen LogP contribution in [0.25, 0.3) is 22.1 Å². The lowest BCUT2D eigenvalue weighted by Gasteiger charge is -2.17.